The molecule has 2 aliphatic heterocycles. The number of rotatable bonds is 6. The monoisotopic (exact) mass is 394 g/mol. The fourth-order valence-corrected chi connectivity index (χ4v) is 4.87. The molecule has 0 unspecified atom stereocenters. The third-order valence-electron chi connectivity index (χ3n) is 6.66. The number of hydrogen-bond donors (Lipinski definition) is 0. The Hall–Kier alpha value is -2.56. The molecule has 1 atom stereocenters. The fraction of sp³-hybridized carbons (Fsp3) is 0.500. The van der Waals surface area contributed by atoms with Crippen LogP contribution >= 0.6 is 0 Å². The van der Waals surface area contributed by atoms with Crippen molar-refractivity contribution < 1.29 is 14.0 Å². The summed E-state index contributed by atoms with van der Waals surface area (Å²) in [4.78, 5) is 29.2. The number of hydrogen-bond acceptors (Lipinski definition) is 3. The van der Waals surface area contributed by atoms with Crippen LogP contribution in [0.15, 0.2) is 53.1 Å². The normalized spacial score (nSPS) is 19.7. The van der Waals surface area contributed by atoms with Gasteiger partial charge in [-0.05, 0) is 43.9 Å². The molecule has 4 rings (SSSR count). The molecule has 154 valence electrons. The zero-order chi connectivity index (χ0) is 20.3. The summed E-state index contributed by atoms with van der Waals surface area (Å²) in [5.74, 6) is 1.37. The number of amides is 2. The highest BCUT2D eigenvalue weighted by molar-refractivity contribution is 5.80. The van der Waals surface area contributed by atoms with Gasteiger partial charge >= 0.3 is 0 Å². The van der Waals surface area contributed by atoms with Gasteiger partial charge in [-0.25, -0.2) is 0 Å². The van der Waals surface area contributed by atoms with Gasteiger partial charge in [0.25, 0.3) is 0 Å². The average Bonchev–Trinajstić information content (AvgIpc) is 3.37. The Morgan fingerprint density at radius 2 is 1.90 bits per heavy atom. The highest BCUT2D eigenvalue weighted by Gasteiger charge is 2.44. The molecule has 3 heterocycles. The summed E-state index contributed by atoms with van der Waals surface area (Å²) < 4.78 is 5.65. The smallest absolute Gasteiger partial charge is 0.223 e. The molecule has 2 saturated heterocycles. The molecule has 2 fully saturated rings. The molecule has 0 N–H and O–H groups in total. The second-order valence-corrected chi connectivity index (χ2v) is 8.57. The molecule has 2 aromatic rings. The fourth-order valence-electron chi connectivity index (χ4n) is 4.87. The van der Waals surface area contributed by atoms with Crippen LogP contribution < -0.4 is 0 Å². The van der Waals surface area contributed by atoms with Gasteiger partial charge in [-0.1, -0.05) is 30.3 Å². The van der Waals surface area contributed by atoms with Gasteiger partial charge < -0.3 is 14.2 Å². The number of furan rings is 1. The summed E-state index contributed by atoms with van der Waals surface area (Å²) in [5.41, 5.74) is 1.29. The van der Waals surface area contributed by atoms with Crippen LogP contribution in [0.25, 0.3) is 0 Å². The lowest BCUT2D eigenvalue weighted by Crippen LogP contribution is -2.44. The van der Waals surface area contributed by atoms with Crippen LogP contribution in [0.5, 0.6) is 0 Å². The van der Waals surface area contributed by atoms with Crippen molar-refractivity contribution in [2.75, 3.05) is 26.2 Å². The van der Waals surface area contributed by atoms with E-state index in [-0.39, 0.29) is 23.1 Å². The Kier molecular flexibility index (Phi) is 5.74. The van der Waals surface area contributed by atoms with Crippen LogP contribution in [0, 0.1) is 5.41 Å². The lowest BCUT2D eigenvalue weighted by molar-refractivity contribution is -0.134. The van der Waals surface area contributed by atoms with Gasteiger partial charge in [0.2, 0.25) is 11.8 Å². The van der Waals surface area contributed by atoms with Gasteiger partial charge in [-0.2, -0.15) is 0 Å². The average molecular weight is 395 g/mol. The molecule has 0 aliphatic carbocycles. The van der Waals surface area contributed by atoms with Crippen molar-refractivity contribution in [3.05, 3.63) is 60.1 Å². The van der Waals surface area contributed by atoms with Crippen LogP contribution in [-0.2, 0) is 16.0 Å². The van der Waals surface area contributed by atoms with Crippen LogP contribution in [0.3, 0.4) is 0 Å². The van der Waals surface area contributed by atoms with Gasteiger partial charge in [-0.15, -0.1) is 0 Å². The number of likely N-dealkylation sites (tertiary alicyclic amines) is 2. The minimum atomic E-state index is 0.0411. The topological polar surface area (TPSA) is 53.8 Å². The number of nitrogens with zero attached hydrogens (tertiary/aromatic N) is 2. The molecule has 0 radical (unpaired) electrons. The highest BCUT2D eigenvalue weighted by atomic mass is 16.3. The van der Waals surface area contributed by atoms with Crippen LogP contribution in [0.4, 0.5) is 0 Å². The zero-order valence-corrected chi connectivity index (χ0v) is 17.2. The number of piperidine rings is 1. The molecular formula is C24H30N2O3. The summed E-state index contributed by atoms with van der Waals surface area (Å²) >= 11 is 0. The van der Waals surface area contributed by atoms with Crippen LogP contribution in [-0.4, -0.2) is 47.8 Å². The Labute approximate surface area is 172 Å². The third kappa shape index (κ3) is 4.39. The first-order valence-electron chi connectivity index (χ1n) is 10.7. The van der Waals surface area contributed by atoms with E-state index in [4.69, 9.17) is 4.42 Å². The molecule has 1 aromatic heterocycles. The van der Waals surface area contributed by atoms with E-state index in [0.717, 1.165) is 51.2 Å². The van der Waals surface area contributed by atoms with Gasteiger partial charge in [-0.3, -0.25) is 9.59 Å². The Balaban J connectivity index is 1.38. The quantitative estimate of drug-likeness (QED) is 0.748. The molecule has 0 bridgehead atoms. The van der Waals surface area contributed by atoms with Gasteiger partial charge in [0, 0.05) is 50.4 Å². The standard InChI is InChI=1S/C24H30N2O3/c1-2-25-18-24(17-23(25)28)10-12-26(13-11-24)22(27)16-20(21-9-6-14-29-21)15-19-7-4-3-5-8-19/h3-9,14,20H,2,10-13,15-18H2,1H3/t20-/m1/s1. The Morgan fingerprint density at radius 1 is 1.14 bits per heavy atom. The Bertz CT molecular complexity index is 823. The highest BCUT2D eigenvalue weighted by Crippen LogP contribution is 2.41. The van der Waals surface area contributed by atoms with Crippen molar-refractivity contribution in [3.63, 3.8) is 0 Å². The first kappa shape index (κ1) is 19.7. The SMILES string of the molecule is CCN1CC2(CCN(C(=O)C[C@@H](Cc3ccccc3)c3ccco3)CC2)CC1=O. The minimum absolute atomic E-state index is 0.0411. The summed E-state index contributed by atoms with van der Waals surface area (Å²) in [6.45, 7) is 5.18. The largest absolute Gasteiger partial charge is 0.469 e. The van der Waals surface area contributed by atoms with E-state index in [1.54, 1.807) is 6.26 Å². The second kappa shape index (κ2) is 8.44. The van der Waals surface area contributed by atoms with Crippen molar-refractivity contribution in [1.82, 2.24) is 9.80 Å². The maximum atomic E-state index is 13.1. The molecular weight excluding hydrogens is 364 g/mol. The van der Waals surface area contributed by atoms with Crippen molar-refractivity contribution in [1.29, 1.82) is 0 Å². The number of benzene rings is 1. The minimum Gasteiger partial charge on any atom is -0.469 e. The van der Waals surface area contributed by atoms with E-state index in [1.165, 1.54) is 5.56 Å². The van der Waals surface area contributed by atoms with Crippen LogP contribution in [0.1, 0.15) is 49.8 Å². The summed E-state index contributed by atoms with van der Waals surface area (Å²) in [6.07, 6.45) is 5.41. The van der Waals surface area contributed by atoms with Crippen molar-refractivity contribution in [2.45, 2.75) is 44.9 Å². The number of carbonyl (C=O) groups excluding carboxylic acids is 2. The van der Waals surface area contributed by atoms with E-state index in [2.05, 4.69) is 12.1 Å². The van der Waals surface area contributed by atoms with Gasteiger partial charge in [0.05, 0.1) is 6.26 Å². The Morgan fingerprint density at radius 3 is 2.52 bits per heavy atom. The molecule has 1 spiro atoms. The lowest BCUT2D eigenvalue weighted by Gasteiger charge is -2.39. The molecule has 29 heavy (non-hydrogen) atoms. The van der Waals surface area contributed by atoms with E-state index < -0.39 is 0 Å². The van der Waals surface area contributed by atoms with E-state index in [1.807, 2.05) is 47.1 Å². The maximum Gasteiger partial charge on any atom is 0.223 e. The van der Waals surface area contributed by atoms with E-state index in [0.29, 0.717) is 12.8 Å². The first-order chi connectivity index (χ1) is 14.1. The number of carbonyl (C=O) groups is 2. The van der Waals surface area contributed by atoms with Crippen molar-refractivity contribution in [2.24, 2.45) is 5.41 Å². The van der Waals surface area contributed by atoms with E-state index >= 15 is 0 Å². The predicted octanol–water partition coefficient (Wildman–Crippen LogP) is 3.86. The molecule has 5 nitrogen and oxygen atoms in total. The summed E-state index contributed by atoms with van der Waals surface area (Å²) in [6, 6.07) is 14.1. The molecule has 0 saturated carbocycles. The van der Waals surface area contributed by atoms with Crippen molar-refractivity contribution in [3.8, 4) is 0 Å². The van der Waals surface area contributed by atoms with Gasteiger partial charge in [0.15, 0.2) is 0 Å². The zero-order valence-electron chi connectivity index (χ0n) is 17.2. The summed E-state index contributed by atoms with van der Waals surface area (Å²) in [7, 11) is 0. The van der Waals surface area contributed by atoms with Crippen molar-refractivity contribution >= 4 is 11.8 Å². The predicted molar refractivity (Wildman–Crippen MR) is 111 cm³/mol. The molecule has 5 heteroatoms. The molecule has 2 amide bonds. The second-order valence-electron chi connectivity index (χ2n) is 8.57. The lowest BCUT2D eigenvalue weighted by atomic mass is 9.77. The maximum absolute atomic E-state index is 13.1. The molecule has 1 aromatic carbocycles. The van der Waals surface area contributed by atoms with Gasteiger partial charge in [0.1, 0.15) is 5.76 Å². The summed E-state index contributed by atoms with van der Waals surface area (Å²) in [5, 5.41) is 0. The first-order valence-corrected chi connectivity index (χ1v) is 10.7. The molecule has 2 aliphatic rings. The van der Waals surface area contributed by atoms with E-state index in [9.17, 15) is 9.59 Å². The van der Waals surface area contributed by atoms with Crippen LogP contribution in [0.2, 0.25) is 0 Å². The third-order valence-corrected chi connectivity index (χ3v) is 6.66.